The molecule has 0 amide bonds. The van der Waals surface area contributed by atoms with Gasteiger partial charge in [-0.05, 0) is 43.1 Å². The molecule has 0 fully saturated rings. The highest BCUT2D eigenvalue weighted by Gasteiger charge is 2.24. The molecule has 0 bridgehead atoms. The van der Waals surface area contributed by atoms with Gasteiger partial charge in [-0.15, -0.1) is 0 Å². The molecule has 2 rings (SSSR count). The van der Waals surface area contributed by atoms with Gasteiger partial charge in [-0.2, -0.15) is 0 Å². The second-order valence-corrected chi connectivity index (χ2v) is 6.06. The van der Waals surface area contributed by atoms with Gasteiger partial charge in [0.25, 0.3) is 0 Å². The first-order valence-electron chi connectivity index (χ1n) is 7.62. The highest BCUT2D eigenvalue weighted by atomic mass is 32.2. The number of hydrogen-bond acceptors (Lipinski definition) is 3. The second-order valence-electron chi connectivity index (χ2n) is 5.08. The molecule has 0 aromatic heterocycles. The lowest BCUT2D eigenvalue weighted by Crippen LogP contribution is -2.29. The summed E-state index contributed by atoms with van der Waals surface area (Å²) in [6.07, 6.45) is 0.218. The molecule has 2 atom stereocenters. The molecule has 0 heterocycles. The first kappa shape index (κ1) is 17.6. The number of thioether (sulfide) groups is 1. The fraction of sp³-hybridized carbons (Fsp3) is 0.263. The van der Waals surface area contributed by atoms with E-state index < -0.39 is 12.3 Å². The van der Waals surface area contributed by atoms with Crippen LogP contribution in [0, 0.1) is 0 Å². The van der Waals surface area contributed by atoms with Crippen molar-refractivity contribution in [2.75, 3.05) is 13.6 Å². The molecular formula is C19H22FNOS. The van der Waals surface area contributed by atoms with Crippen LogP contribution in [0.25, 0.3) is 0 Å². The van der Waals surface area contributed by atoms with Gasteiger partial charge in [0.05, 0.1) is 0 Å². The fourth-order valence-corrected chi connectivity index (χ4v) is 2.84. The largest absolute Gasteiger partial charge is 0.483 e. The number of benzene rings is 2. The summed E-state index contributed by atoms with van der Waals surface area (Å²) in [5.74, 6) is 0.673. The molecule has 0 aliphatic rings. The monoisotopic (exact) mass is 331 g/mol. The zero-order valence-electron chi connectivity index (χ0n) is 13.4. The Hall–Kier alpha value is -1.78. The Bertz CT molecular complexity index is 618. The summed E-state index contributed by atoms with van der Waals surface area (Å²) in [5.41, 5.74) is 0.835. The molecule has 122 valence electrons. The van der Waals surface area contributed by atoms with Crippen molar-refractivity contribution in [1.29, 1.82) is 0 Å². The highest BCUT2D eigenvalue weighted by Crippen LogP contribution is 2.29. The minimum atomic E-state index is -1.13. The smallest absolute Gasteiger partial charge is 0.156 e. The van der Waals surface area contributed by atoms with Gasteiger partial charge >= 0.3 is 0 Å². The van der Waals surface area contributed by atoms with Gasteiger partial charge in [0.2, 0.25) is 0 Å². The van der Waals surface area contributed by atoms with Gasteiger partial charge in [-0.25, -0.2) is 4.39 Å². The van der Waals surface area contributed by atoms with Crippen molar-refractivity contribution >= 4 is 11.8 Å². The van der Waals surface area contributed by atoms with E-state index in [-0.39, 0.29) is 6.54 Å². The molecule has 2 unspecified atom stereocenters. The molecule has 0 saturated heterocycles. The number of hydrogen-bond donors (Lipinski definition) is 1. The lowest BCUT2D eigenvalue weighted by molar-refractivity contribution is 0.0999. The van der Waals surface area contributed by atoms with Crippen molar-refractivity contribution in [3.05, 3.63) is 71.6 Å². The van der Waals surface area contributed by atoms with Crippen molar-refractivity contribution < 1.29 is 9.13 Å². The third-order valence-corrected chi connectivity index (χ3v) is 4.20. The quantitative estimate of drug-likeness (QED) is 0.689. The van der Waals surface area contributed by atoms with E-state index in [1.54, 1.807) is 18.8 Å². The first-order chi connectivity index (χ1) is 11.2. The number of halogens is 1. The SMILES string of the molecule is C/C=C\Sc1cccc(OC(c2ccccc2)C(F)CNC)c1. The molecule has 0 saturated carbocycles. The number of rotatable bonds is 8. The summed E-state index contributed by atoms with van der Waals surface area (Å²) in [6.45, 7) is 2.22. The summed E-state index contributed by atoms with van der Waals surface area (Å²) in [7, 11) is 1.74. The average Bonchev–Trinajstić information content (AvgIpc) is 2.59. The Morgan fingerprint density at radius 2 is 1.96 bits per heavy atom. The van der Waals surface area contributed by atoms with Crippen LogP contribution in [-0.4, -0.2) is 19.8 Å². The van der Waals surface area contributed by atoms with Crippen LogP contribution >= 0.6 is 11.8 Å². The van der Waals surface area contributed by atoms with Gasteiger partial charge in [-0.1, -0.05) is 54.2 Å². The molecular weight excluding hydrogens is 309 g/mol. The van der Waals surface area contributed by atoms with Crippen LogP contribution in [0.2, 0.25) is 0 Å². The van der Waals surface area contributed by atoms with Gasteiger partial charge < -0.3 is 10.1 Å². The molecule has 2 nitrogen and oxygen atoms in total. The Morgan fingerprint density at radius 1 is 1.17 bits per heavy atom. The van der Waals surface area contributed by atoms with E-state index in [9.17, 15) is 4.39 Å². The molecule has 2 aromatic rings. The predicted octanol–water partition coefficient (Wildman–Crippen LogP) is 4.99. The van der Waals surface area contributed by atoms with E-state index in [0.29, 0.717) is 5.75 Å². The van der Waals surface area contributed by atoms with Crippen LogP contribution in [0.5, 0.6) is 5.75 Å². The standard InChI is InChI=1S/C19H22FNOS/c1-3-12-23-17-11-7-10-16(13-17)22-19(18(20)14-21-2)15-8-5-4-6-9-15/h3-13,18-19,21H,14H2,1-2H3/b12-3-. The topological polar surface area (TPSA) is 21.3 Å². The van der Waals surface area contributed by atoms with E-state index in [1.165, 1.54) is 0 Å². The van der Waals surface area contributed by atoms with Crippen molar-refractivity contribution in [1.82, 2.24) is 5.32 Å². The second kappa shape index (κ2) is 9.38. The fourth-order valence-electron chi connectivity index (χ4n) is 2.21. The van der Waals surface area contributed by atoms with E-state index in [0.717, 1.165) is 10.5 Å². The maximum atomic E-state index is 14.5. The Labute approximate surface area is 141 Å². The van der Waals surface area contributed by atoms with Crippen molar-refractivity contribution in [2.45, 2.75) is 24.1 Å². The minimum absolute atomic E-state index is 0.243. The van der Waals surface area contributed by atoms with Gasteiger partial charge in [0.15, 0.2) is 12.3 Å². The first-order valence-corrected chi connectivity index (χ1v) is 8.50. The highest BCUT2D eigenvalue weighted by molar-refractivity contribution is 8.02. The molecule has 0 radical (unpaired) electrons. The Morgan fingerprint density at radius 3 is 2.65 bits per heavy atom. The molecule has 0 aliphatic carbocycles. The summed E-state index contributed by atoms with van der Waals surface area (Å²) in [6, 6.07) is 17.2. The molecule has 4 heteroatoms. The lowest BCUT2D eigenvalue weighted by Gasteiger charge is -2.23. The van der Waals surface area contributed by atoms with Crippen molar-refractivity contribution in [2.24, 2.45) is 0 Å². The Kier molecular flexibility index (Phi) is 7.17. The van der Waals surface area contributed by atoms with Crippen LogP contribution < -0.4 is 10.1 Å². The summed E-state index contributed by atoms with van der Waals surface area (Å²) in [4.78, 5) is 1.07. The zero-order chi connectivity index (χ0) is 16.5. The van der Waals surface area contributed by atoms with E-state index in [2.05, 4.69) is 5.32 Å². The van der Waals surface area contributed by atoms with Crippen LogP contribution in [0.3, 0.4) is 0 Å². The van der Waals surface area contributed by atoms with Gasteiger partial charge in [0, 0.05) is 11.4 Å². The average molecular weight is 331 g/mol. The molecule has 0 aliphatic heterocycles. The third-order valence-electron chi connectivity index (χ3n) is 3.26. The maximum absolute atomic E-state index is 14.5. The maximum Gasteiger partial charge on any atom is 0.156 e. The summed E-state index contributed by atoms with van der Waals surface area (Å²) < 4.78 is 20.5. The van der Waals surface area contributed by atoms with Gasteiger partial charge in [-0.3, -0.25) is 0 Å². The lowest BCUT2D eigenvalue weighted by atomic mass is 10.0. The Balaban J connectivity index is 2.20. The van der Waals surface area contributed by atoms with Crippen LogP contribution in [-0.2, 0) is 0 Å². The van der Waals surface area contributed by atoms with E-state index in [4.69, 9.17) is 4.74 Å². The van der Waals surface area contributed by atoms with Crippen molar-refractivity contribution in [3.8, 4) is 5.75 Å². The summed E-state index contributed by atoms with van der Waals surface area (Å²) >= 11 is 1.61. The van der Waals surface area contributed by atoms with Crippen molar-refractivity contribution in [3.63, 3.8) is 0 Å². The molecule has 2 aromatic carbocycles. The summed E-state index contributed by atoms with van der Waals surface area (Å²) in [5, 5.41) is 4.88. The van der Waals surface area contributed by atoms with Crippen LogP contribution in [0.15, 0.2) is 71.0 Å². The molecule has 0 spiro atoms. The number of allylic oxidation sites excluding steroid dienone is 1. The molecule has 23 heavy (non-hydrogen) atoms. The minimum Gasteiger partial charge on any atom is -0.483 e. The number of nitrogens with one attached hydrogen (secondary N) is 1. The van der Waals surface area contributed by atoms with E-state index in [1.807, 2.05) is 73.0 Å². The van der Waals surface area contributed by atoms with Crippen LogP contribution in [0.4, 0.5) is 4.39 Å². The normalized spacial score (nSPS) is 13.9. The van der Waals surface area contributed by atoms with Crippen LogP contribution in [0.1, 0.15) is 18.6 Å². The number of alkyl halides is 1. The van der Waals surface area contributed by atoms with Gasteiger partial charge in [0.1, 0.15) is 5.75 Å². The van der Waals surface area contributed by atoms with E-state index >= 15 is 0 Å². The third kappa shape index (κ3) is 5.41. The zero-order valence-corrected chi connectivity index (χ0v) is 14.2. The molecule has 1 N–H and O–H groups in total. The number of ether oxygens (including phenoxy) is 1. The predicted molar refractivity (Wildman–Crippen MR) is 95.7 cm³/mol.